The third-order valence-electron chi connectivity index (χ3n) is 2.32. The largest absolute Gasteiger partial charge is 0.453 e. The molecule has 0 heterocycles. The Morgan fingerprint density at radius 2 is 2.00 bits per heavy atom. The minimum absolute atomic E-state index is 0.246. The van der Waals surface area contributed by atoms with E-state index in [0.717, 1.165) is 0 Å². The first-order valence-corrected chi connectivity index (χ1v) is 5.50. The van der Waals surface area contributed by atoms with E-state index in [0.29, 0.717) is 5.69 Å². The molecule has 0 aliphatic heterocycles. The molecule has 1 aromatic carbocycles. The van der Waals surface area contributed by atoms with Crippen LogP contribution in [0.4, 0.5) is 10.5 Å². The first-order valence-electron chi connectivity index (χ1n) is 5.50. The van der Waals surface area contributed by atoms with E-state index in [4.69, 9.17) is 0 Å². The van der Waals surface area contributed by atoms with Gasteiger partial charge in [-0.25, -0.2) is 9.80 Å². The topological polar surface area (TPSA) is 71.0 Å². The molecule has 1 N–H and O–H groups in total. The Morgan fingerprint density at radius 3 is 2.50 bits per heavy atom. The van der Waals surface area contributed by atoms with Crippen molar-refractivity contribution in [3.05, 3.63) is 35.2 Å². The molecule has 0 atom stereocenters. The van der Waals surface area contributed by atoms with Crippen LogP contribution in [0.1, 0.15) is 13.8 Å². The van der Waals surface area contributed by atoms with Crippen LogP contribution in [-0.2, 0) is 4.74 Å². The Bertz CT molecular complexity index is 406. The van der Waals surface area contributed by atoms with E-state index in [-0.39, 0.29) is 6.54 Å². The monoisotopic (exact) mass is 251 g/mol. The third-order valence-corrected chi connectivity index (χ3v) is 2.32. The summed E-state index contributed by atoms with van der Waals surface area (Å²) in [6.07, 6.45) is -0.543. The molecule has 6 nitrogen and oxygen atoms in total. The van der Waals surface area contributed by atoms with Crippen molar-refractivity contribution < 1.29 is 9.53 Å². The number of carbonyl (C=O) groups excluding carboxylic acids is 1. The van der Waals surface area contributed by atoms with Crippen LogP contribution in [0, 0.1) is 4.91 Å². The van der Waals surface area contributed by atoms with Gasteiger partial charge in [-0.3, -0.25) is 0 Å². The second-order valence-corrected chi connectivity index (χ2v) is 4.48. The van der Waals surface area contributed by atoms with Gasteiger partial charge in [0.25, 0.3) is 0 Å². The van der Waals surface area contributed by atoms with E-state index in [2.05, 4.69) is 15.3 Å². The van der Waals surface area contributed by atoms with Gasteiger partial charge in [0.15, 0.2) is 0 Å². The zero-order valence-electron chi connectivity index (χ0n) is 10.7. The highest BCUT2D eigenvalue weighted by atomic mass is 16.5. The van der Waals surface area contributed by atoms with Gasteiger partial charge >= 0.3 is 6.09 Å². The Hall–Kier alpha value is -2.11. The molecule has 0 fully saturated rings. The predicted molar refractivity (Wildman–Crippen MR) is 69.2 cm³/mol. The molecule has 0 saturated carbocycles. The van der Waals surface area contributed by atoms with Gasteiger partial charge in [-0.15, -0.1) is 4.91 Å². The van der Waals surface area contributed by atoms with Crippen molar-refractivity contribution in [2.24, 2.45) is 5.29 Å². The molecule has 1 aromatic rings. The lowest BCUT2D eigenvalue weighted by Crippen LogP contribution is -2.50. The van der Waals surface area contributed by atoms with Gasteiger partial charge in [-0.2, -0.15) is 0 Å². The number of carbonyl (C=O) groups is 1. The number of benzene rings is 1. The molecule has 0 bridgehead atoms. The molecular weight excluding hydrogens is 234 g/mol. The number of para-hydroxylation sites is 1. The Kier molecular flexibility index (Phi) is 4.65. The van der Waals surface area contributed by atoms with E-state index < -0.39 is 11.6 Å². The van der Waals surface area contributed by atoms with Gasteiger partial charge in [0, 0.05) is 0 Å². The van der Waals surface area contributed by atoms with Crippen molar-refractivity contribution in [1.29, 1.82) is 0 Å². The van der Waals surface area contributed by atoms with E-state index in [1.807, 2.05) is 18.2 Å². The number of rotatable bonds is 5. The van der Waals surface area contributed by atoms with Gasteiger partial charge in [0.2, 0.25) is 0 Å². The van der Waals surface area contributed by atoms with Crippen LogP contribution in [0.25, 0.3) is 0 Å². The van der Waals surface area contributed by atoms with Crippen LogP contribution < -0.4 is 10.3 Å². The fourth-order valence-electron chi connectivity index (χ4n) is 1.51. The molecule has 0 unspecified atom stereocenters. The van der Waals surface area contributed by atoms with Crippen molar-refractivity contribution in [2.45, 2.75) is 19.4 Å². The number of anilines is 1. The van der Waals surface area contributed by atoms with Crippen LogP contribution >= 0.6 is 0 Å². The fourth-order valence-corrected chi connectivity index (χ4v) is 1.51. The number of hydrogen-bond donors (Lipinski definition) is 1. The second kappa shape index (κ2) is 6.00. The molecule has 0 radical (unpaired) electrons. The number of nitrogens with zero attached hydrogens (tertiary/aromatic N) is 2. The Morgan fingerprint density at radius 1 is 1.39 bits per heavy atom. The first-order chi connectivity index (χ1) is 8.48. The number of methoxy groups -OCH3 is 1. The van der Waals surface area contributed by atoms with E-state index in [1.54, 1.807) is 26.0 Å². The van der Waals surface area contributed by atoms with Crippen molar-refractivity contribution >= 4 is 11.8 Å². The summed E-state index contributed by atoms with van der Waals surface area (Å²) in [5.74, 6) is 0. The lowest BCUT2D eigenvalue weighted by atomic mass is 10.1. The third kappa shape index (κ3) is 4.04. The molecular formula is C12H17N3O3. The van der Waals surface area contributed by atoms with Gasteiger partial charge in [0.05, 0.1) is 30.2 Å². The molecule has 98 valence electrons. The standard InChI is InChI=1S/C12H17N3O3/c1-12(2,13-11(16)18-3)9-15(14-17)10-7-5-4-6-8-10/h4-8H,9H2,1-3H3,(H,13,16). The van der Waals surface area contributed by atoms with Crippen molar-refractivity contribution in [3.8, 4) is 0 Å². The number of ether oxygens (including phenoxy) is 1. The Balaban J connectivity index is 2.74. The summed E-state index contributed by atoms with van der Waals surface area (Å²) in [5.41, 5.74) is 0.0314. The first kappa shape index (κ1) is 14.0. The zero-order valence-corrected chi connectivity index (χ0v) is 10.7. The SMILES string of the molecule is COC(=O)NC(C)(C)CN(N=O)c1ccccc1. The molecule has 1 amide bonds. The average Bonchev–Trinajstić information content (AvgIpc) is 2.36. The highest BCUT2D eigenvalue weighted by Gasteiger charge is 2.25. The number of amides is 1. The minimum Gasteiger partial charge on any atom is -0.453 e. The normalized spacial score (nSPS) is 10.6. The van der Waals surface area contributed by atoms with E-state index in [9.17, 15) is 9.70 Å². The molecule has 1 rings (SSSR count). The van der Waals surface area contributed by atoms with Crippen molar-refractivity contribution in [2.75, 3.05) is 18.7 Å². The predicted octanol–water partition coefficient (Wildman–Crippen LogP) is 2.31. The summed E-state index contributed by atoms with van der Waals surface area (Å²) in [7, 11) is 1.29. The Labute approximate surface area is 106 Å². The molecule has 0 aliphatic rings. The number of hydrogen-bond acceptors (Lipinski definition) is 4. The lowest BCUT2D eigenvalue weighted by Gasteiger charge is -2.29. The molecule has 18 heavy (non-hydrogen) atoms. The fraction of sp³-hybridized carbons (Fsp3) is 0.417. The van der Waals surface area contributed by atoms with Gasteiger partial charge < -0.3 is 10.1 Å². The minimum atomic E-state index is -0.642. The van der Waals surface area contributed by atoms with Gasteiger partial charge in [-0.05, 0) is 26.0 Å². The molecule has 0 spiro atoms. The number of alkyl carbamates (subject to hydrolysis) is 1. The summed E-state index contributed by atoms with van der Waals surface area (Å²) >= 11 is 0. The van der Waals surface area contributed by atoms with Crippen molar-refractivity contribution in [3.63, 3.8) is 0 Å². The maximum Gasteiger partial charge on any atom is 0.407 e. The quantitative estimate of drug-likeness (QED) is 0.644. The highest BCUT2D eigenvalue weighted by Crippen LogP contribution is 2.17. The summed E-state index contributed by atoms with van der Waals surface area (Å²) in [4.78, 5) is 22.0. The zero-order chi connectivity index (χ0) is 13.6. The van der Waals surface area contributed by atoms with Crippen LogP contribution in [0.3, 0.4) is 0 Å². The van der Waals surface area contributed by atoms with Crippen LogP contribution in [-0.4, -0.2) is 25.3 Å². The van der Waals surface area contributed by atoms with Gasteiger partial charge in [0.1, 0.15) is 0 Å². The second-order valence-electron chi connectivity index (χ2n) is 4.48. The molecule has 0 aromatic heterocycles. The molecule has 0 saturated heterocycles. The summed E-state index contributed by atoms with van der Waals surface area (Å²) < 4.78 is 4.53. The van der Waals surface area contributed by atoms with Gasteiger partial charge in [-0.1, -0.05) is 18.2 Å². The summed E-state index contributed by atoms with van der Waals surface area (Å²) in [6.45, 7) is 3.81. The van der Waals surface area contributed by atoms with E-state index >= 15 is 0 Å². The summed E-state index contributed by atoms with van der Waals surface area (Å²) in [6, 6.07) is 9.03. The number of nitroso groups, excluding NO2 is 1. The summed E-state index contributed by atoms with van der Waals surface area (Å²) in [5, 5.41) is 6.89. The molecule has 6 heteroatoms. The maximum atomic E-state index is 11.2. The highest BCUT2D eigenvalue weighted by molar-refractivity contribution is 5.68. The maximum absolute atomic E-state index is 11.2. The van der Waals surface area contributed by atoms with Crippen LogP contribution in [0.2, 0.25) is 0 Å². The lowest BCUT2D eigenvalue weighted by molar-refractivity contribution is 0.160. The smallest absolute Gasteiger partial charge is 0.407 e. The molecule has 0 aliphatic carbocycles. The van der Waals surface area contributed by atoms with Crippen LogP contribution in [0.15, 0.2) is 35.6 Å². The van der Waals surface area contributed by atoms with E-state index in [1.165, 1.54) is 12.1 Å². The average molecular weight is 251 g/mol. The number of nitrogens with one attached hydrogen (secondary N) is 1. The van der Waals surface area contributed by atoms with Crippen molar-refractivity contribution in [1.82, 2.24) is 5.32 Å². The van der Waals surface area contributed by atoms with Crippen LogP contribution in [0.5, 0.6) is 0 Å².